The van der Waals surface area contributed by atoms with Crippen molar-refractivity contribution < 1.29 is 32.5 Å². The maximum atomic E-state index is 11.7. The van der Waals surface area contributed by atoms with E-state index in [-0.39, 0.29) is 24.9 Å². The van der Waals surface area contributed by atoms with Crippen LogP contribution in [0.3, 0.4) is 0 Å². The first-order valence-electron chi connectivity index (χ1n) is 14.4. The van der Waals surface area contributed by atoms with E-state index in [9.17, 15) is 13.5 Å². The monoisotopic (exact) mass is 599 g/mol. The van der Waals surface area contributed by atoms with Gasteiger partial charge in [-0.2, -0.15) is 0 Å². The van der Waals surface area contributed by atoms with Gasteiger partial charge in [0.2, 0.25) is 6.79 Å². The second-order valence-electron chi connectivity index (χ2n) is 11.1. The van der Waals surface area contributed by atoms with Crippen LogP contribution >= 0.6 is 0 Å². The summed E-state index contributed by atoms with van der Waals surface area (Å²) in [5.41, 5.74) is 2.53. The number of fused-ring (bicyclic) bond motifs is 4. The molecule has 4 heterocycles. The molecule has 3 aliphatic heterocycles. The lowest BCUT2D eigenvalue weighted by molar-refractivity contribution is 0.0696. The number of nitrogens with one attached hydrogen (secondary N) is 1. The van der Waals surface area contributed by atoms with Gasteiger partial charge in [0.1, 0.15) is 24.9 Å². The Labute approximate surface area is 245 Å². The summed E-state index contributed by atoms with van der Waals surface area (Å²) in [5, 5.41) is 14.9. The number of nitrogens with zero attached hydrogens (tertiary/aromatic N) is 4. The number of aliphatic hydroxyl groups is 1. The molecule has 0 radical (unpaired) electrons. The quantitative estimate of drug-likeness (QED) is 0.446. The topological polar surface area (TPSA) is 136 Å². The van der Waals surface area contributed by atoms with Crippen LogP contribution in [0.2, 0.25) is 0 Å². The van der Waals surface area contributed by atoms with Crippen LogP contribution in [0.1, 0.15) is 24.8 Å². The Bertz CT molecular complexity index is 1520. The van der Waals surface area contributed by atoms with Gasteiger partial charge in [0.25, 0.3) is 0 Å². The van der Waals surface area contributed by atoms with E-state index in [0.29, 0.717) is 60.6 Å². The van der Waals surface area contributed by atoms with Crippen molar-refractivity contribution in [3.05, 3.63) is 36.2 Å². The third-order valence-electron chi connectivity index (χ3n) is 7.79. The molecule has 0 aliphatic carbocycles. The number of β-amino-alcohol motifs (C(OH)–C–C–N with tert-alkyl or cyclic N) is 1. The van der Waals surface area contributed by atoms with Crippen molar-refractivity contribution in [1.82, 2.24) is 19.8 Å². The van der Waals surface area contributed by atoms with Crippen LogP contribution in [-0.4, -0.2) is 104 Å². The number of benzene rings is 2. The van der Waals surface area contributed by atoms with Gasteiger partial charge >= 0.3 is 0 Å². The minimum absolute atomic E-state index is 0.0322. The van der Waals surface area contributed by atoms with Crippen molar-refractivity contribution in [3.63, 3.8) is 0 Å². The zero-order chi connectivity index (χ0) is 29.1. The lowest BCUT2D eigenvalue weighted by atomic mass is 10.1. The molecular weight excluding hydrogens is 562 g/mol. The molecule has 1 saturated heterocycles. The van der Waals surface area contributed by atoms with Crippen molar-refractivity contribution in [2.45, 2.75) is 31.9 Å². The van der Waals surface area contributed by atoms with E-state index in [0.717, 1.165) is 49.0 Å². The smallest absolute Gasteiger partial charge is 0.231 e. The van der Waals surface area contributed by atoms with E-state index in [1.807, 2.05) is 17.0 Å². The molecule has 13 heteroatoms. The average molecular weight is 600 g/mol. The van der Waals surface area contributed by atoms with Crippen LogP contribution in [0.5, 0.6) is 23.0 Å². The van der Waals surface area contributed by atoms with Crippen molar-refractivity contribution in [3.8, 4) is 23.0 Å². The fourth-order valence-corrected chi connectivity index (χ4v) is 6.75. The second-order valence-corrected chi connectivity index (χ2v) is 13.4. The first kappa shape index (κ1) is 28.7. The van der Waals surface area contributed by atoms with Crippen LogP contribution in [0.15, 0.2) is 30.6 Å². The Morgan fingerprint density at radius 1 is 1.05 bits per heavy atom. The zero-order valence-electron chi connectivity index (χ0n) is 23.8. The highest BCUT2D eigenvalue weighted by Gasteiger charge is 2.25. The second kappa shape index (κ2) is 12.5. The van der Waals surface area contributed by atoms with Crippen LogP contribution in [0.4, 0.5) is 11.5 Å². The molecule has 0 saturated carbocycles. The summed E-state index contributed by atoms with van der Waals surface area (Å²) in [7, 11) is -0.869. The van der Waals surface area contributed by atoms with Gasteiger partial charge in [-0.15, -0.1) is 0 Å². The maximum absolute atomic E-state index is 11.7. The van der Waals surface area contributed by atoms with Crippen molar-refractivity contribution in [2.24, 2.45) is 0 Å². The number of sulfone groups is 1. The Kier molecular flexibility index (Phi) is 8.52. The van der Waals surface area contributed by atoms with Crippen LogP contribution < -0.4 is 24.3 Å². The predicted octanol–water partition coefficient (Wildman–Crippen LogP) is 2.57. The third kappa shape index (κ3) is 6.64. The molecule has 2 bridgehead atoms. The molecule has 0 spiro atoms. The zero-order valence-corrected chi connectivity index (χ0v) is 24.6. The first-order chi connectivity index (χ1) is 20.3. The molecule has 1 aromatic heterocycles. The van der Waals surface area contributed by atoms with E-state index >= 15 is 0 Å². The van der Waals surface area contributed by atoms with Crippen LogP contribution in [-0.2, 0) is 16.4 Å². The molecule has 6 rings (SSSR count). The number of aliphatic hydroxyl groups excluding tert-OH is 1. The fourth-order valence-electron chi connectivity index (χ4n) is 5.47. The summed E-state index contributed by atoms with van der Waals surface area (Å²) >= 11 is 0. The number of rotatable bonds is 5. The molecule has 1 atom stereocenters. The molecule has 226 valence electrons. The van der Waals surface area contributed by atoms with Gasteiger partial charge in [-0.25, -0.2) is 18.4 Å². The van der Waals surface area contributed by atoms with Crippen LogP contribution in [0, 0.1) is 0 Å². The molecule has 42 heavy (non-hydrogen) atoms. The summed E-state index contributed by atoms with van der Waals surface area (Å²) in [6.07, 6.45) is 3.63. The van der Waals surface area contributed by atoms with E-state index < -0.39 is 15.9 Å². The Morgan fingerprint density at radius 2 is 1.90 bits per heavy atom. The normalized spacial score (nSPS) is 20.1. The molecular formula is C29H37N5O7S. The maximum Gasteiger partial charge on any atom is 0.231 e. The number of ether oxygens (including phenoxy) is 4. The third-order valence-corrected chi connectivity index (χ3v) is 9.40. The minimum atomic E-state index is -2.98. The van der Waals surface area contributed by atoms with Gasteiger partial charge in [-0.1, -0.05) is 6.07 Å². The van der Waals surface area contributed by atoms with Gasteiger partial charge in [0.15, 0.2) is 32.8 Å². The number of hydrogen-bond donors (Lipinski definition) is 2. The highest BCUT2D eigenvalue weighted by atomic mass is 32.2. The highest BCUT2D eigenvalue weighted by molar-refractivity contribution is 7.91. The summed E-state index contributed by atoms with van der Waals surface area (Å²) < 4.78 is 47.3. The largest absolute Gasteiger partial charge is 0.490 e. The van der Waals surface area contributed by atoms with Gasteiger partial charge in [-0.05, 0) is 50.6 Å². The number of hydrogen-bond acceptors (Lipinski definition) is 12. The molecule has 3 aliphatic rings. The summed E-state index contributed by atoms with van der Waals surface area (Å²) in [6, 6.07) is 7.68. The summed E-state index contributed by atoms with van der Waals surface area (Å²) in [6.45, 7) is 3.54. The Hall–Kier alpha value is -3.39. The van der Waals surface area contributed by atoms with Gasteiger partial charge < -0.3 is 34.3 Å². The molecule has 2 N–H and O–H groups in total. The van der Waals surface area contributed by atoms with E-state index in [1.165, 1.54) is 6.33 Å². The Morgan fingerprint density at radius 3 is 2.76 bits per heavy atom. The number of anilines is 2. The highest BCUT2D eigenvalue weighted by Crippen LogP contribution is 2.44. The Balaban J connectivity index is 1.28. The van der Waals surface area contributed by atoms with Crippen molar-refractivity contribution in [2.75, 3.05) is 70.1 Å². The van der Waals surface area contributed by atoms with Gasteiger partial charge in [-0.3, -0.25) is 4.90 Å². The molecule has 3 aromatic rings. The van der Waals surface area contributed by atoms with Crippen LogP contribution in [0.25, 0.3) is 10.9 Å². The standard InChI is InChI=1S/C29H37N5O7S/c1-33-7-3-2-4-10-38-25-13-22-23(14-26(25)39-17-21(35)16-34-8-11-42(36,37)12-9-34)30-18-31-29(22)32-27-20(15-33)5-6-24-28(27)41-19-40-24/h5-6,13-14,18,21,35H,2-4,7-12,15-17,19H2,1H3,(H,30,31,32)/t21-/m0/s1. The van der Waals surface area contributed by atoms with Gasteiger partial charge in [0.05, 0.1) is 29.3 Å². The predicted molar refractivity (Wildman–Crippen MR) is 158 cm³/mol. The molecule has 12 nitrogen and oxygen atoms in total. The minimum Gasteiger partial charge on any atom is -0.490 e. The van der Waals surface area contributed by atoms with Crippen molar-refractivity contribution in [1.29, 1.82) is 0 Å². The average Bonchev–Trinajstić information content (AvgIpc) is 3.45. The van der Waals surface area contributed by atoms with Crippen molar-refractivity contribution >= 4 is 32.2 Å². The molecule has 2 aromatic carbocycles. The number of aromatic nitrogens is 2. The SMILES string of the molecule is CN1CCCCCOc2cc3c(ncnc3cc2OC[C@@H](O)CN2CCS(=O)(=O)CC2)Nc2c(ccc3c2OCO3)C1. The van der Waals surface area contributed by atoms with E-state index in [2.05, 4.69) is 33.3 Å². The molecule has 0 unspecified atom stereocenters. The first-order valence-corrected chi connectivity index (χ1v) is 16.2. The molecule has 1 fully saturated rings. The van der Waals surface area contributed by atoms with E-state index in [4.69, 9.17) is 18.9 Å². The lowest BCUT2D eigenvalue weighted by Crippen LogP contribution is -2.44. The van der Waals surface area contributed by atoms with E-state index in [1.54, 1.807) is 6.07 Å². The van der Waals surface area contributed by atoms with Gasteiger partial charge in [0, 0.05) is 37.6 Å². The fraction of sp³-hybridized carbons (Fsp3) is 0.517. The lowest BCUT2D eigenvalue weighted by Gasteiger charge is -2.28. The molecule has 0 amide bonds. The summed E-state index contributed by atoms with van der Waals surface area (Å²) in [5.74, 6) is 3.19. The summed E-state index contributed by atoms with van der Waals surface area (Å²) in [4.78, 5) is 13.3.